The van der Waals surface area contributed by atoms with Crippen LogP contribution in [0, 0.1) is 13.8 Å². The second kappa shape index (κ2) is 7.19. The van der Waals surface area contributed by atoms with Crippen LogP contribution >= 0.6 is 0 Å². The maximum absolute atomic E-state index is 12.7. The van der Waals surface area contributed by atoms with Crippen molar-refractivity contribution in [1.29, 1.82) is 0 Å². The number of carbonyl (C=O) groups is 1. The van der Waals surface area contributed by atoms with Crippen LogP contribution in [0.2, 0.25) is 0 Å². The Kier molecular flexibility index (Phi) is 4.59. The molecule has 1 aliphatic rings. The Morgan fingerprint density at radius 1 is 1.07 bits per heavy atom. The van der Waals surface area contributed by atoms with Crippen LogP contribution in [0.3, 0.4) is 0 Å². The minimum Gasteiger partial charge on any atom is -0.347 e. The van der Waals surface area contributed by atoms with Crippen molar-refractivity contribution in [2.45, 2.75) is 26.8 Å². The summed E-state index contributed by atoms with van der Waals surface area (Å²) >= 11 is 0. The maximum atomic E-state index is 12.7. The third-order valence-electron chi connectivity index (χ3n) is 4.92. The molecule has 0 saturated carbocycles. The fourth-order valence-corrected chi connectivity index (χ4v) is 3.46. The first-order valence-corrected chi connectivity index (χ1v) is 9.15. The van der Waals surface area contributed by atoms with E-state index in [-0.39, 0.29) is 5.91 Å². The number of nitrogens with one attached hydrogen (secondary N) is 1. The molecule has 0 bridgehead atoms. The van der Waals surface area contributed by atoms with E-state index in [1.807, 2.05) is 44.2 Å². The molecule has 1 amide bonds. The third-order valence-corrected chi connectivity index (χ3v) is 4.92. The van der Waals surface area contributed by atoms with Gasteiger partial charge in [0, 0.05) is 24.8 Å². The van der Waals surface area contributed by atoms with Gasteiger partial charge in [0.2, 0.25) is 0 Å². The number of rotatable bonds is 4. The Labute approximate surface area is 159 Å². The number of aromatic nitrogens is 2. The van der Waals surface area contributed by atoms with Gasteiger partial charge in [0.1, 0.15) is 17.3 Å². The van der Waals surface area contributed by atoms with Gasteiger partial charge in [-0.05, 0) is 43.0 Å². The summed E-state index contributed by atoms with van der Waals surface area (Å²) in [4.78, 5) is 23.7. The molecule has 4 rings (SSSR count). The monoisotopic (exact) mass is 358 g/mol. The van der Waals surface area contributed by atoms with E-state index < -0.39 is 0 Å². The van der Waals surface area contributed by atoms with E-state index in [2.05, 4.69) is 38.4 Å². The van der Waals surface area contributed by atoms with Crippen molar-refractivity contribution in [3.63, 3.8) is 0 Å². The number of hydrogen-bond donors (Lipinski definition) is 1. The molecule has 0 spiro atoms. The number of anilines is 2. The molecule has 5 heteroatoms. The molecule has 1 aliphatic heterocycles. The van der Waals surface area contributed by atoms with Crippen molar-refractivity contribution < 1.29 is 4.79 Å². The van der Waals surface area contributed by atoms with Crippen molar-refractivity contribution in [3.8, 4) is 0 Å². The summed E-state index contributed by atoms with van der Waals surface area (Å²) in [5, 5.41) is 2.97. The van der Waals surface area contributed by atoms with Gasteiger partial charge in [-0.3, -0.25) is 4.79 Å². The number of aryl methyl sites for hydroxylation is 2. The predicted molar refractivity (Wildman–Crippen MR) is 106 cm³/mol. The van der Waals surface area contributed by atoms with E-state index >= 15 is 0 Å². The van der Waals surface area contributed by atoms with E-state index in [0.29, 0.717) is 18.1 Å². The van der Waals surface area contributed by atoms with Crippen LogP contribution in [-0.4, -0.2) is 22.4 Å². The molecule has 0 atom stereocenters. The standard InChI is InChI=1S/C22H22N4O/c1-15-7-3-4-9-18(15)14-23-22(27)19-13-21(25-16(2)24-19)26-12-11-17-8-5-6-10-20(17)26/h3-10,13H,11-12,14H2,1-2H3,(H,23,27). The van der Waals surface area contributed by atoms with Gasteiger partial charge in [-0.25, -0.2) is 9.97 Å². The Morgan fingerprint density at radius 3 is 2.70 bits per heavy atom. The fraction of sp³-hybridized carbons (Fsp3) is 0.227. The minimum atomic E-state index is -0.183. The van der Waals surface area contributed by atoms with Crippen LogP contribution in [0.4, 0.5) is 11.5 Å². The molecule has 27 heavy (non-hydrogen) atoms. The summed E-state index contributed by atoms with van der Waals surface area (Å²) in [5.41, 5.74) is 5.12. The van der Waals surface area contributed by atoms with E-state index in [0.717, 1.165) is 35.6 Å². The molecule has 1 aromatic heterocycles. The zero-order chi connectivity index (χ0) is 18.8. The number of fused-ring (bicyclic) bond motifs is 1. The lowest BCUT2D eigenvalue weighted by atomic mass is 10.1. The van der Waals surface area contributed by atoms with Crippen LogP contribution in [-0.2, 0) is 13.0 Å². The molecule has 0 aliphatic carbocycles. The lowest BCUT2D eigenvalue weighted by Crippen LogP contribution is -2.25. The van der Waals surface area contributed by atoms with Crippen molar-refractivity contribution in [1.82, 2.24) is 15.3 Å². The molecule has 5 nitrogen and oxygen atoms in total. The lowest BCUT2D eigenvalue weighted by molar-refractivity contribution is 0.0945. The molecule has 3 aromatic rings. The highest BCUT2D eigenvalue weighted by Crippen LogP contribution is 2.33. The highest BCUT2D eigenvalue weighted by molar-refractivity contribution is 5.93. The van der Waals surface area contributed by atoms with Crippen LogP contribution in [0.15, 0.2) is 54.6 Å². The van der Waals surface area contributed by atoms with Crippen molar-refractivity contribution in [3.05, 3.63) is 82.8 Å². The van der Waals surface area contributed by atoms with Gasteiger partial charge < -0.3 is 10.2 Å². The zero-order valence-corrected chi connectivity index (χ0v) is 15.6. The first kappa shape index (κ1) is 17.2. The van der Waals surface area contributed by atoms with Gasteiger partial charge in [0.25, 0.3) is 5.91 Å². The van der Waals surface area contributed by atoms with Crippen LogP contribution in [0.25, 0.3) is 0 Å². The summed E-state index contributed by atoms with van der Waals surface area (Å²) < 4.78 is 0. The summed E-state index contributed by atoms with van der Waals surface area (Å²) in [7, 11) is 0. The van der Waals surface area contributed by atoms with Crippen LogP contribution in [0.1, 0.15) is 33.0 Å². The van der Waals surface area contributed by atoms with E-state index in [9.17, 15) is 4.79 Å². The second-order valence-corrected chi connectivity index (χ2v) is 6.80. The number of carbonyl (C=O) groups excluding carboxylic acids is 1. The average Bonchev–Trinajstić information content (AvgIpc) is 3.11. The number of hydrogen-bond acceptors (Lipinski definition) is 4. The van der Waals surface area contributed by atoms with Crippen molar-refractivity contribution in [2.24, 2.45) is 0 Å². The topological polar surface area (TPSA) is 58.1 Å². The Balaban J connectivity index is 1.56. The normalized spacial score (nSPS) is 12.7. The number of amides is 1. The Bertz CT molecular complexity index is 999. The van der Waals surface area contributed by atoms with Gasteiger partial charge in [0.15, 0.2) is 0 Å². The first-order chi connectivity index (χ1) is 13.1. The molecule has 0 unspecified atom stereocenters. The quantitative estimate of drug-likeness (QED) is 0.772. The zero-order valence-electron chi connectivity index (χ0n) is 15.6. The van der Waals surface area contributed by atoms with Gasteiger partial charge in [-0.2, -0.15) is 0 Å². The largest absolute Gasteiger partial charge is 0.347 e. The Morgan fingerprint density at radius 2 is 1.85 bits per heavy atom. The van der Waals surface area contributed by atoms with Crippen LogP contribution in [0.5, 0.6) is 0 Å². The highest BCUT2D eigenvalue weighted by atomic mass is 16.1. The van der Waals surface area contributed by atoms with Crippen LogP contribution < -0.4 is 10.2 Å². The van der Waals surface area contributed by atoms with Gasteiger partial charge in [-0.15, -0.1) is 0 Å². The van der Waals surface area contributed by atoms with Gasteiger partial charge >= 0.3 is 0 Å². The van der Waals surface area contributed by atoms with E-state index in [1.165, 1.54) is 5.56 Å². The molecule has 0 radical (unpaired) electrons. The average molecular weight is 358 g/mol. The molecule has 2 heterocycles. The third kappa shape index (κ3) is 3.53. The molecule has 0 saturated heterocycles. The SMILES string of the molecule is Cc1nc(C(=O)NCc2ccccc2C)cc(N2CCc3ccccc32)n1. The second-order valence-electron chi connectivity index (χ2n) is 6.80. The lowest BCUT2D eigenvalue weighted by Gasteiger charge is -2.19. The maximum Gasteiger partial charge on any atom is 0.270 e. The number of benzene rings is 2. The van der Waals surface area contributed by atoms with Crippen molar-refractivity contribution in [2.75, 3.05) is 11.4 Å². The summed E-state index contributed by atoms with van der Waals surface area (Å²) in [5.74, 6) is 1.18. The van der Waals surface area contributed by atoms with Gasteiger partial charge in [-0.1, -0.05) is 42.5 Å². The molecular weight excluding hydrogens is 336 g/mol. The number of para-hydroxylation sites is 1. The highest BCUT2D eigenvalue weighted by Gasteiger charge is 2.22. The smallest absolute Gasteiger partial charge is 0.270 e. The van der Waals surface area contributed by atoms with Crippen molar-refractivity contribution >= 4 is 17.4 Å². The van der Waals surface area contributed by atoms with E-state index in [1.54, 1.807) is 6.07 Å². The first-order valence-electron chi connectivity index (χ1n) is 9.15. The van der Waals surface area contributed by atoms with E-state index in [4.69, 9.17) is 0 Å². The molecule has 0 fully saturated rings. The molecule has 136 valence electrons. The molecular formula is C22H22N4O. The minimum absolute atomic E-state index is 0.183. The predicted octanol–water partition coefficient (Wildman–Crippen LogP) is 3.72. The molecule has 2 aromatic carbocycles. The molecule has 1 N–H and O–H groups in total. The summed E-state index contributed by atoms with van der Waals surface area (Å²) in [6.07, 6.45) is 0.980. The summed E-state index contributed by atoms with van der Waals surface area (Å²) in [6.45, 7) is 5.21. The van der Waals surface area contributed by atoms with Gasteiger partial charge in [0.05, 0.1) is 0 Å². The fourth-order valence-electron chi connectivity index (χ4n) is 3.46. The number of nitrogens with zero attached hydrogens (tertiary/aromatic N) is 3. The summed E-state index contributed by atoms with van der Waals surface area (Å²) in [6, 6.07) is 18.1. The Hall–Kier alpha value is -3.21.